The van der Waals surface area contributed by atoms with Gasteiger partial charge in [-0.1, -0.05) is 31.2 Å². The number of nitrogens with zero attached hydrogens (tertiary/aromatic N) is 3. The lowest BCUT2D eigenvalue weighted by Gasteiger charge is -2.37. The molecular formula is C22H31N5O. The minimum atomic E-state index is 0.382. The second-order valence-electron chi connectivity index (χ2n) is 7.11. The van der Waals surface area contributed by atoms with Crippen molar-refractivity contribution in [3.8, 4) is 11.5 Å². The van der Waals surface area contributed by atoms with Gasteiger partial charge in [-0.2, -0.15) is 0 Å². The third-order valence-corrected chi connectivity index (χ3v) is 5.09. The number of benzene rings is 2. The van der Waals surface area contributed by atoms with Crippen LogP contribution in [0, 0.1) is 0 Å². The van der Waals surface area contributed by atoms with E-state index in [1.165, 1.54) is 0 Å². The van der Waals surface area contributed by atoms with E-state index in [4.69, 9.17) is 10.5 Å². The van der Waals surface area contributed by atoms with Crippen LogP contribution in [-0.2, 0) is 0 Å². The number of nitrogens with two attached hydrogens (primary N) is 1. The zero-order valence-corrected chi connectivity index (χ0v) is 16.8. The predicted octanol–water partition coefficient (Wildman–Crippen LogP) is 3.23. The lowest BCUT2D eigenvalue weighted by molar-refractivity contribution is 0.109. The molecule has 6 heteroatoms. The summed E-state index contributed by atoms with van der Waals surface area (Å²) in [6.07, 6.45) is 0. The van der Waals surface area contributed by atoms with Crippen LogP contribution < -0.4 is 15.8 Å². The Bertz CT molecular complexity index is 757. The topological polar surface area (TPSA) is 66.1 Å². The summed E-state index contributed by atoms with van der Waals surface area (Å²) in [5, 5.41) is 3.16. The maximum atomic E-state index is 6.10. The highest BCUT2D eigenvalue weighted by molar-refractivity contribution is 5.92. The lowest BCUT2D eigenvalue weighted by atomic mass is 10.2. The number of para-hydroxylation sites is 1. The van der Waals surface area contributed by atoms with Crippen molar-refractivity contribution >= 4 is 11.6 Å². The molecule has 1 aliphatic heterocycles. The van der Waals surface area contributed by atoms with Crippen LogP contribution in [0.25, 0.3) is 0 Å². The number of hydrogen-bond acceptors (Lipinski definition) is 4. The van der Waals surface area contributed by atoms with E-state index in [-0.39, 0.29) is 0 Å². The largest absolute Gasteiger partial charge is 0.457 e. The van der Waals surface area contributed by atoms with E-state index in [2.05, 4.69) is 34.0 Å². The quantitative estimate of drug-likeness (QED) is 0.569. The number of likely N-dealkylation sites (N-methyl/N-ethyl adjacent to an activating group) is 1. The van der Waals surface area contributed by atoms with Crippen LogP contribution in [0.2, 0.25) is 0 Å². The number of aliphatic imine (C=N–C) groups is 1. The molecule has 1 heterocycles. The van der Waals surface area contributed by atoms with Gasteiger partial charge in [0.25, 0.3) is 0 Å². The smallest absolute Gasteiger partial charge is 0.193 e. The number of anilines is 1. The zero-order chi connectivity index (χ0) is 19.8. The van der Waals surface area contributed by atoms with Gasteiger partial charge >= 0.3 is 0 Å². The molecule has 0 amide bonds. The molecule has 1 aliphatic rings. The van der Waals surface area contributed by atoms with E-state index < -0.39 is 0 Å². The second kappa shape index (κ2) is 10.1. The van der Waals surface area contributed by atoms with Gasteiger partial charge in [-0.15, -0.1) is 0 Å². The Kier molecular flexibility index (Phi) is 7.28. The van der Waals surface area contributed by atoms with Crippen LogP contribution in [0.4, 0.5) is 5.69 Å². The van der Waals surface area contributed by atoms with Gasteiger partial charge in [-0.25, -0.2) is 0 Å². The zero-order valence-electron chi connectivity index (χ0n) is 16.8. The van der Waals surface area contributed by atoms with E-state index in [9.17, 15) is 0 Å². The van der Waals surface area contributed by atoms with Crippen LogP contribution >= 0.6 is 0 Å². The fourth-order valence-electron chi connectivity index (χ4n) is 3.32. The third kappa shape index (κ3) is 5.97. The molecule has 1 fully saturated rings. The molecule has 3 N–H and O–H groups in total. The molecule has 2 aromatic carbocycles. The van der Waals surface area contributed by atoms with E-state index in [1.807, 2.05) is 54.6 Å². The molecule has 1 atom stereocenters. The Morgan fingerprint density at radius 1 is 1.07 bits per heavy atom. The lowest BCUT2D eigenvalue weighted by Crippen LogP contribution is -2.50. The van der Waals surface area contributed by atoms with E-state index >= 15 is 0 Å². The molecule has 0 aliphatic carbocycles. The SMILES string of the molecule is CCN1CCN(C(C)CN=C(N)Nc2cccc(Oc3ccccc3)c2)CC1. The van der Waals surface area contributed by atoms with Crippen molar-refractivity contribution in [1.29, 1.82) is 0 Å². The van der Waals surface area contributed by atoms with Gasteiger partial charge < -0.3 is 20.7 Å². The molecule has 2 aromatic rings. The Hall–Kier alpha value is -2.57. The Morgan fingerprint density at radius 3 is 2.50 bits per heavy atom. The van der Waals surface area contributed by atoms with Crippen LogP contribution in [0.15, 0.2) is 59.6 Å². The standard InChI is InChI=1S/C22H31N5O/c1-3-26-12-14-27(15-13-26)18(2)17-24-22(23)25-19-8-7-11-21(16-19)28-20-9-5-4-6-10-20/h4-11,16,18H,3,12-15,17H2,1-2H3,(H3,23,24,25). The first-order chi connectivity index (χ1) is 13.6. The fraction of sp³-hybridized carbons (Fsp3) is 0.409. The summed E-state index contributed by atoms with van der Waals surface area (Å²) in [6.45, 7) is 10.7. The number of hydrogen-bond donors (Lipinski definition) is 2. The third-order valence-electron chi connectivity index (χ3n) is 5.09. The summed E-state index contributed by atoms with van der Waals surface area (Å²) in [5.41, 5.74) is 6.96. The molecule has 1 saturated heterocycles. The first kappa shape index (κ1) is 20.2. The number of ether oxygens (including phenoxy) is 1. The second-order valence-corrected chi connectivity index (χ2v) is 7.11. The summed E-state index contributed by atoms with van der Waals surface area (Å²) in [4.78, 5) is 9.50. The molecule has 3 rings (SSSR count). The highest BCUT2D eigenvalue weighted by Crippen LogP contribution is 2.23. The molecule has 0 spiro atoms. The van der Waals surface area contributed by atoms with Crippen LogP contribution in [0.1, 0.15) is 13.8 Å². The van der Waals surface area contributed by atoms with Gasteiger partial charge in [0.1, 0.15) is 11.5 Å². The Balaban J connectivity index is 1.51. The van der Waals surface area contributed by atoms with Crippen LogP contribution in [0.5, 0.6) is 11.5 Å². The van der Waals surface area contributed by atoms with Crippen molar-refractivity contribution in [3.63, 3.8) is 0 Å². The molecule has 28 heavy (non-hydrogen) atoms. The summed E-state index contributed by atoms with van der Waals surface area (Å²) in [5.74, 6) is 1.99. The number of nitrogens with one attached hydrogen (secondary N) is 1. The van der Waals surface area contributed by atoms with Crippen LogP contribution in [0.3, 0.4) is 0 Å². The molecule has 6 nitrogen and oxygen atoms in total. The molecule has 150 valence electrons. The maximum absolute atomic E-state index is 6.10. The van der Waals surface area contributed by atoms with Crippen molar-refractivity contribution in [2.45, 2.75) is 19.9 Å². The van der Waals surface area contributed by atoms with Crippen molar-refractivity contribution < 1.29 is 4.74 Å². The van der Waals surface area contributed by atoms with Gasteiger partial charge in [0.05, 0.1) is 6.54 Å². The Morgan fingerprint density at radius 2 is 1.79 bits per heavy atom. The molecular weight excluding hydrogens is 350 g/mol. The van der Waals surface area contributed by atoms with Gasteiger partial charge in [-0.05, 0) is 37.7 Å². The maximum Gasteiger partial charge on any atom is 0.193 e. The molecule has 0 radical (unpaired) electrons. The molecule has 0 aromatic heterocycles. The van der Waals surface area contributed by atoms with E-state index in [0.717, 1.165) is 49.9 Å². The molecule has 0 bridgehead atoms. The molecule has 0 saturated carbocycles. The monoisotopic (exact) mass is 381 g/mol. The van der Waals surface area contributed by atoms with Gasteiger partial charge in [0, 0.05) is 44.0 Å². The normalized spacial score (nSPS) is 17.3. The number of guanidine groups is 1. The van der Waals surface area contributed by atoms with Gasteiger partial charge in [0.2, 0.25) is 0 Å². The summed E-state index contributed by atoms with van der Waals surface area (Å²) >= 11 is 0. The van der Waals surface area contributed by atoms with Crippen LogP contribution in [-0.4, -0.2) is 61.1 Å². The Labute approximate surface area is 168 Å². The van der Waals surface area contributed by atoms with Gasteiger partial charge in [0.15, 0.2) is 5.96 Å². The van der Waals surface area contributed by atoms with E-state index in [1.54, 1.807) is 0 Å². The average Bonchev–Trinajstić information content (AvgIpc) is 2.73. The van der Waals surface area contributed by atoms with Crippen molar-refractivity contribution in [3.05, 3.63) is 54.6 Å². The average molecular weight is 382 g/mol. The number of rotatable bonds is 7. The summed E-state index contributed by atoms with van der Waals surface area (Å²) in [6, 6.07) is 17.8. The minimum absolute atomic E-state index is 0.382. The predicted molar refractivity (Wildman–Crippen MR) is 116 cm³/mol. The van der Waals surface area contributed by atoms with Crippen molar-refractivity contribution in [2.24, 2.45) is 10.7 Å². The highest BCUT2D eigenvalue weighted by Gasteiger charge is 2.19. The first-order valence-electron chi connectivity index (χ1n) is 10.0. The molecule has 1 unspecified atom stereocenters. The van der Waals surface area contributed by atoms with Crippen molar-refractivity contribution in [2.75, 3.05) is 44.6 Å². The highest BCUT2D eigenvalue weighted by atomic mass is 16.5. The van der Waals surface area contributed by atoms with E-state index in [0.29, 0.717) is 18.5 Å². The number of piperazine rings is 1. The fourth-order valence-corrected chi connectivity index (χ4v) is 3.32. The van der Waals surface area contributed by atoms with Crippen molar-refractivity contribution in [1.82, 2.24) is 9.80 Å². The minimum Gasteiger partial charge on any atom is -0.457 e. The summed E-state index contributed by atoms with van der Waals surface area (Å²) < 4.78 is 5.86. The summed E-state index contributed by atoms with van der Waals surface area (Å²) in [7, 11) is 0. The van der Waals surface area contributed by atoms with Gasteiger partial charge in [-0.3, -0.25) is 9.89 Å². The first-order valence-corrected chi connectivity index (χ1v) is 10.0.